The Morgan fingerprint density at radius 1 is 1.37 bits per heavy atom. The fraction of sp³-hybridized carbons (Fsp3) is 0.467. The van der Waals surface area contributed by atoms with Gasteiger partial charge in [-0.1, -0.05) is 40.9 Å². The molecule has 1 saturated carbocycles. The van der Waals surface area contributed by atoms with Crippen LogP contribution in [0.25, 0.3) is 0 Å². The molecule has 1 aromatic rings. The normalized spacial score (nSPS) is 25.4. The van der Waals surface area contributed by atoms with Crippen molar-refractivity contribution in [2.45, 2.75) is 44.2 Å². The van der Waals surface area contributed by atoms with Crippen LogP contribution < -0.4 is 5.32 Å². The Kier molecular flexibility index (Phi) is 3.69. The molecule has 2 aliphatic rings. The molecule has 1 aliphatic carbocycles. The van der Waals surface area contributed by atoms with Crippen molar-refractivity contribution in [1.82, 2.24) is 5.32 Å². The number of ketones is 1. The van der Waals surface area contributed by atoms with E-state index in [1.54, 1.807) is 0 Å². The quantitative estimate of drug-likeness (QED) is 0.868. The number of carbonyl (C=O) groups is 1. The zero-order chi connectivity index (χ0) is 13.2. The SMILES string of the molecule is O=C(CC1=N[C@@H]2CCCC[C@@H]2N1)c1cccc(Br)c1. The van der Waals surface area contributed by atoms with Crippen LogP contribution in [-0.2, 0) is 0 Å². The molecule has 4 heteroatoms. The maximum atomic E-state index is 12.2. The third-order valence-corrected chi connectivity index (χ3v) is 4.37. The summed E-state index contributed by atoms with van der Waals surface area (Å²) >= 11 is 3.39. The van der Waals surface area contributed by atoms with Gasteiger partial charge in [0.05, 0.1) is 12.5 Å². The number of hydrogen-bond acceptors (Lipinski definition) is 3. The summed E-state index contributed by atoms with van der Waals surface area (Å²) in [5.74, 6) is 1.01. The summed E-state index contributed by atoms with van der Waals surface area (Å²) < 4.78 is 0.938. The number of carbonyl (C=O) groups excluding carboxylic acids is 1. The number of benzene rings is 1. The van der Waals surface area contributed by atoms with Crippen LogP contribution in [0.2, 0.25) is 0 Å². The van der Waals surface area contributed by atoms with Crippen LogP contribution in [-0.4, -0.2) is 23.7 Å². The predicted octanol–water partition coefficient (Wildman–Crippen LogP) is 3.33. The average molecular weight is 321 g/mol. The van der Waals surface area contributed by atoms with Gasteiger partial charge in [0, 0.05) is 16.1 Å². The number of aliphatic imine (C=N–C) groups is 1. The molecular weight excluding hydrogens is 304 g/mol. The standard InChI is InChI=1S/C15H17BrN2O/c16-11-5-3-4-10(8-11)14(19)9-15-17-12-6-1-2-7-13(12)18-15/h3-5,8,12-13H,1-2,6-7,9H2,(H,17,18)/t12-,13+. The van der Waals surface area contributed by atoms with Gasteiger partial charge in [-0.3, -0.25) is 9.79 Å². The lowest BCUT2D eigenvalue weighted by atomic mass is 9.92. The monoisotopic (exact) mass is 320 g/mol. The largest absolute Gasteiger partial charge is 0.369 e. The predicted molar refractivity (Wildman–Crippen MR) is 79.7 cm³/mol. The Hall–Kier alpha value is -1.16. The maximum absolute atomic E-state index is 12.2. The molecule has 3 rings (SSSR count). The minimum Gasteiger partial charge on any atom is -0.369 e. The molecule has 19 heavy (non-hydrogen) atoms. The van der Waals surface area contributed by atoms with E-state index >= 15 is 0 Å². The fourth-order valence-electron chi connectivity index (χ4n) is 2.90. The first-order chi connectivity index (χ1) is 9.22. The van der Waals surface area contributed by atoms with Crippen LogP contribution in [0, 0.1) is 0 Å². The molecule has 0 saturated heterocycles. The number of halogens is 1. The van der Waals surface area contributed by atoms with Crippen molar-refractivity contribution in [1.29, 1.82) is 0 Å². The summed E-state index contributed by atoms with van der Waals surface area (Å²) in [7, 11) is 0. The van der Waals surface area contributed by atoms with Gasteiger partial charge < -0.3 is 5.32 Å². The molecule has 1 aromatic carbocycles. The van der Waals surface area contributed by atoms with Crippen LogP contribution in [0.5, 0.6) is 0 Å². The first kappa shape index (κ1) is 12.9. The number of amidine groups is 1. The second-order valence-electron chi connectivity index (χ2n) is 5.29. The lowest BCUT2D eigenvalue weighted by molar-refractivity contribution is 0.1000. The molecule has 0 amide bonds. The van der Waals surface area contributed by atoms with E-state index in [9.17, 15) is 4.79 Å². The highest BCUT2D eigenvalue weighted by Gasteiger charge is 2.31. The molecular formula is C15H17BrN2O. The zero-order valence-corrected chi connectivity index (χ0v) is 12.3. The number of Topliss-reactive ketones (excluding diaryl/α,β-unsaturated/α-hetero) is 1. The van der Waals surface area contributed by atoms with Crippen LogP contribution in [0.1, 0.15) is 42.5 Å². The summed E-state index contributed by atoms with van der Waals surface area (Å²) in [6.45, 7) is 0. The summed E-state index contributed by atoms with van der Waals surface area (Å²) in [5.41, 5.74) is 0.744. The zero-order valence-electron chi connectivity index (χ0n) is 10.7. The van der Waals surface area contributed by atoms with Crippen LogP contribution in [0.3, 0.4) is 0 Å². The molecule has 1 N–H and O–H groups in total. The van der Waals surface area contributed by atoms with Crippen molar-refractivity contribution >= 4 is 27.5 Å². The Labute approximate surface area is 121 Å². The topological polar surface area (TPSA) is 41.5 Å². The molecule has 1 fully saturated rings. The van der Waals surface area contributed by atoms with Gasteiger partial charge in [-0.05, 0) is 25.0 Å². The van der Waals surface area contributed by atoms with Gasteiger partial charge in [0.1, 0.15) is 5.84 Å². The van der Waals surface area contributed by atoms with E-state index in [4.69, 9.17) is 0 Å². The van der Waals surface area contributed by atoms with Crippen molar-refractivity contribution in [3.8, 4) is 0 Å². The molecule has 0 aromatic heterocycles. The van der Waals surface area contributed by atoms with Crippen LogP contribution in [0.4, 0.5) is 0 Å². The molecule has 2 atom stereocenters. The van der Waals surface area contributed by atoms with Gasteiger partial charge in [-0.2, -0.15) is 0 Å². The lowest BCUT2D eigenvalue weighted by Gasteiger charge is -2.23. The van der Waals surface area contributed by atoms with Gasteiger partial charge in [-0.15, -0.1) is 0 Å². The second-order valence-corrected chi connectivity index (χ2v) is 6.20. The fourth-order valence-corrected chi connectivity index (χ4v) is 3.30. The lowest BCUT2D eigenvalue weighted by Crippen LogP contribution is -2.37. The number of rotatable bonds is 3. The van der Waals surface area contributed by atoms with E-state index in [-0.39, 0.29) is 5.78 Å². The highest BCUT2D eigenvalue weighted by molar-refractivity contribution is 9.10. The minimum absolute atomic E-state index is 0.131. The van der Waals surface area contributed by atoms with E-state index in [2.05, 4.69) is 26.2 Å². The maximum Gasteiger partial charge on any atom is 0.170 e. The Balaban J connectivity index is 1.67. The number of nitrogens with zero attached hydrogens (tertiary/aromatic N) is 1. The van der Waals surface area contributed by atoms with Crippen LogP contribution >= 0.6 is 15.9 Å². The summed E-state index contributed by atoms with van der Waals surface area (Å²) in [6.07, 6.45) is 5.27. The highest BCUT2D eigenvalue weighted by atomic mass is 79.9. The Bertz CT molecular complexity index is 527. The number of fused-ring (bicyclic) bond motifs is 1. The van der Waals surface area contributed by atoms with Gasteiger partial charge in [0.15, 0.2) is 5.78 Å². The molecule has 100 valence electrons. The molecule has 0 spiro atoms. The molecule has 1 heterocycles. The molecule has 0 radical (unpaired) electrons. The molecule has 0 bridgehead atoms. The third-order valence-electron chi connectivity index (χ3n) is 3.88. The summed E-state index contributed by atoms with van der Waals surface area (Å²) in [4.78, 5) is 16.9. The van der Waals surface area contributed by atoms with Crippen LogP contribution in [0.15, 0.2) is 33.7 Å². The van der Waals surface area contributed by atoms with E-state index in [1.807, 2.05) is 24.3 Å². The first-order valence-corrected chi connectivity index (χ1v) is 7.63. The number of nitrogens with one attached hydrogen (secondary N) is 1. The number of hydrogen-bond donors (Lipinski definition) is 1. The summed E-state index contributed by atoms with van der Waals surface area (Å²) in [5, 5.41) is 3.43. The van der Waals surface area contributed by atoms with Gasteiger partial charge in [0.2, 0.25) is 0 Å². The Morgan fingerprint density at radius 2 is 2.21 bits per heavy atom. The second kappa shape index (κ2) is 5.45. The van der Waals surface area contributed by atoms with E-state index in [0.717, 1.165) is 22.3 Å². The van der Waals surface area contributed by atoms with Crippen molar-refractivity contribution in [3.63, 3.8) is 0 Å². The van der Waals surface area contributed by atoms with Crippen molar-refractivity contribution < 1.29 is 4.79 Å². The third kappa shape index (κ3) is 2.89. The summed E-state index contributed by atoms with van der Waals surface area (Å²) in [6, 6.07) is 8.41. The van der Waals surface area contributed by atoms with Crippen molar-refractivity contribution in [2.24, 2.45) is 4.99 Å². The van der Waals surface area contributed by atoms with E-state index in [0.29, 0.717) is 18.5 Å². The average Bonchev–Trinajstić information content (AvgIpc) is 2.80. The van der Waals surface area contributed by atoms with Gasteiger partial charge in [0.25, 0.3) is 0 Å². The first-order valence-electron chi connectivity index (χ1n) is 6.84. The van der Waals surface area contributed by atoms with E-state index in [1.165, 1.54) is 19.3 Å². The molecule has 0 unspecified atom stereocenters. The molecule has 1 aliphatic heterocycles. The Morgan fingerprint density at radius 3 is 3.00 bits per heavy atom. The highest BCUT2D eigenvalue weighted by Crippen LogP contribution is 2.25. The molecule has 3 nitrogen and oxygen atoms in total. The smallest absolute Gasteiger partial charge is 0.170 e. The van der Waals surface area contributed by atoms with Crippen molar-refractivity contribution in [2.75, 3.05) is 0 Å². The minimum atomic E-state index is 0.131. The van der Waals surface area contributed by atoms with Gasteiger partial charge >= 0.3 is 0 Å². The van der Waals surface area contributed by atoms with Gasteiger partial charge in [-0.25, -0.2) is 0 Å². The van der Waals surface area contributed by atoms with E-state index < -0.39 is 0 Å². The van der Waals surface area contributed by atoms with Crippen molar-refractivity contribution in [3.05, 3.63) is 34.3 Å².